The van der Waals surface area contributed by atoms with E-state index >= 15 is 0 Å². The van der Waals surface area contributed by atoms with Crippen LogP contribution in [0.3, 0.4) is 0 Å². The largest absolute Gasteiger partial charge is 0.494 e. The summed E-state index contributed by atoms with van der Waals surface area (Å²) in [6.07, 6.45) is 0.253. The Hall–Kier alpha value is -3.67. The molecule has 0 aliphatic heterocycles. The Balaban J connectivity index is 2.14. The molecule has 0 bridgehead atoms. The monoisotopic (exact) mass is 693 g/mol. The van der Waals surface area contributed by atoms with E-state index in [0.717, 1.165) is 4.31 Å². The van der Waals surface area contributed by atoms with Crippen molar-refractivity contribution in [1.29, 1.82) is 0 Å². The fourth-order valence-electron chi connectivity index (χ4n) is 4.70. The second kappa shape index (κ2) is 16.8. The van der Waals surface area contributed by atoms with Crippen molar-refractivity contribution in [3.8, 4) is 17.2 Å². The number of methoxy groups -OCH3 is 2. The van der Waals surface area contributed by atoms with E-state index in [9.17, 15) is 18.0 Å². The van der Waals surface area contributed by atoms with E-state index in [4.69, 9.17) is 37.4 Å². The summed E-state index contributed by atoms with van der Waals surface area (Å²) >= 11 is 13.0. The molecule has 0 radical (unpaired) electrons. The number of sulfonamides is 1. The Morgan fingerprint density at radius 3 is 2.09 bits per heavy atom. The highest BCUT2D eigenvalue weighted by molar-refractivity contribution is 7.92. The average Bonchev–Trinajstić information content (AvgIpc) is 3.03. The van der Waals surface area contributed by atoms with E-state index in [1.807, 2.05) is 20.8 Å². The maximum Gasteiger partial charge on any atom is 0.264 e. The molecular formula is C33H41Cl2N3O7S. The highest BCUT2D eigenvalue weighted by Crippen LogP contribution is 2.33. The van der Waals surface area contributed by atoms with Gasteiger partial charge in [-0.05, 0) is 67.8 Å². The lowest BCUT2D eigenvalue weighted by Gasteiger charge is -2.33. The van der Waals surface area contributed by atoms with Gasteiger partial charge in [0, 0.05) is 34.8 Å². The Kier molecular flexibility index (Phi) is 13.4. The summed E-state index contributed by atoms with van der Waals surface area (Å²) in [4.78, 5) is 29.0. The van der Waals surface area contributed by atoms with Crippen LogP contribution in [0, 0.1) is 5.92 Å². The summed E-state index contributed by atoms with van der Waals surface area (Å²) in [6.45, 7) is 7.58. The van der Waals surface area contributed by atoms with Crippen LogP contribution in [0.15, 0.2) is 65.6 Å². The Morgan fingerprint density at radius 1 is 0.913 bits per heavy atom. The molecule has 0 fully saturated rings. The number of rotatable bonds is 16. The van der Waals surface area contributed by atoms with E-state index in [0.29, 0.717) is 40.3 Å². The predicted octanol–water partition coefficient (Wildman–Crippen LogP) is 6.18. The van der Waals surface area contributed by atoms with E-state index < -0.39 is 28.5 Å². The lowest BCUT2D eigenvalue weighted by atomic mass is 10.1. The van der Waals surface area contributed by atoms with Gasteiger partial charge in [0.2, 0.25) is 11.8 Å². The van der Waals surface area contributed by atoms with Gasteiger partial charge in [-0.1, -0.05) is 50.0 Å². The number of benzene rings is 3. The molecule has 3 rings (SSSR count). The van der Waals surface area contributed by atoms with E-state index in [-0.39, 0.29) is 41.1 Å². The summed E-state index contributed by atoms with van der Waals surface area (Å²) in [5.41, 5.74) is 0.643. The molecule has 0 saturated carbocycles. The molecule has 250 valence electrons. The Morgan fingerprint density at radius 2 is 1.54 bits per heavy atom. The van der Waals surface area contributed by atoms with Crippen LogP contribution in [-0.2, 0) is 26.2 Å². The number of anilines is 1. The zero-order chi connectivity index (χ0) is 34.0. The predicted molar refractivity (Wildman–Crippen MR) is 181 cm³/mol. The van der Waals surface area contributed by atoms with Gasteiger partial charge in [0.25, 0.3) is 10.0 Å². The number of hydrogen-bond acceptors (Lipinski definition) is 7. The van der Waals surface area contributed by atoms with Gasteiger partial charge in [-0.15, -0.1) is 0 Å². The SMILES string of the molecule is CCOc1ccc(N(CC(=O)N(Cc2c(Cl)cccc2Cl)[C@@H](CC)C(=O)NCC(C)C)S(=O)(=O)c2ccc(OC)c(OC)c2)cc1. The molecule has 0 aliphatic rings. The molecule has 0 saturated heterocycles. The van der Waals surface area contributed by atoms with Gasteiger partial charge >= 0.3 is 0 Å². The van der Waals surface area contributed by atoms with E-state index in [1.54, 1.807) is 49.4 Å². The van der Waals surface area contributed by atoms with E-state index in [1.165, 1.54) is 37.3 Å². The number of amides is 2. The van der Waals surface area contributed by atoms with Crippen LogP contribution in [-0.4, -0.2) is 65.1 Å². The highest BCUT2D eigenvalue weighted by atomic mass is 35.5. The first-order chi connectivity index (χ1) is 21.9. The van der Waals surface area contributed by atoms with Crippen molar-refractivity contribution in [2.45, 2.75) is 51.6 Å². The van der Waals surface area contributed by atoms with Gasteiger partial charge in [0.15, 0.2) is 11.5 Å². The van der Waals surface area contributed by atoms with Crippen molar-refractivity contribution < 1.29 is 32.2 Å². The van der Waals surface area contributed by atoms with Crippen molar-refractivity contribution in [2.75, 3.05) is 38.2 Å². The number of hydrogen-bond donors (Lipinski definition) is 1. The smallest absolute Gasteiger partial charge is 0.264 e. The lowest BCUT2D eigenvalue weighted by molar-refractivity contribution is -0.140. The standard InChI is InChI=1S/C33H41Cl2N3O7S/c1-7-29(33(40)36-19-22(3)4)37(20-26-27(34)10-9-11-28(26)35)32(39)21-38(23-12-14-24(15-13-23)45-8-2)46(41,42)25-16-17-30(43-5)31(18-25)44-6/h9-18,22,29H,7-8,19-21H2,1-6H3,(H,36,40)/t29-/m0/s1. The first-order valence-electron chi connectivity index (χ1n) is 14.8. The normalized spacial score (nSPS) is 11.9. The number of carbonyl (C=O) groups is 2. The summed E-state index contributed by atoms with van der Waals surface area (Å²) in [6, 6.07) is 14.5. The second-order valence-electron chi connectivity index (χ2n) is 10.7. The lowest BCUT2D eigenvalue weighted by Crippen LogP contribution is -2.52. The molecule has 0 aromatic heterocycles. The minimum Gasteiger partial charge on any atom is -0.494 e. The average molecular weight is 695 g/mol. The molecule has 0 aliphatic carbocycles. The second-order valence-corrected chi connectivity index (χ2v) is 13.4. The number of ether oxygens (including phenoxy) is 3. The Bertz CT molecular complexity index is 1580. The van der Waals surface area contributed by atoms with Crippen LogP contribution >= 0.6 is 23.2 Å². The minimum absolute atomic E-state index is 0.127. The molecule has 0 spiro atoms. The molecular weight excluding hydrogens is 653 g/mol. The molecule has 2 amide bonds. The van der Waals surface area contributed by atoms with Crippen molar-refractivity contribution in [3.05, 3.63) is 76.3 Å². The molecule has 13 heteroatoms. The number of nitrogens with zero attached hydrogens (tertiary/aromatic N) is 2. The molecule has 46 heavy (non-hydrogen) atoms. The third-order valence-corrected chi connectivity index (χ3v) is 9.60. The molecule has 1 N–H and O–H groups in total. The third-order valence-electron chi connectivity index (χ3n) is 7.12. The minimum atomic E-state index is -4.37. The van der Waals surface area contributed by atoms with Crippen LogP contribution in [0.1, 0.15) is 39.7 Å². The van der Waals surface area contributed by atoms with Crippen molar-refractivity contribution in [1.82, 2.24) is 10.2 Å². The molecule has 3 aromatic carbocycles. The van der Waals surface area contributed by atoms with Crippen molar-refractivity contribution in [2.24, 2.45) is 5.92 Å². The third kappa shape index (κ3) is 8.98. The number of halogens is 2. The van der Waals surface area contributed by atoms with Gasteiger partial charge in [-0.25, -0.2) is 8.42 Å². The Labute approximate surface area is 281 Å². The first kappa shape index (κ1) is 36.8. The molecule has 0 heterocycles. The topological polar surface area (TPSA) is 114 Å². The van der Waals surface area contributed by atoms with Gasteiger partial charge in [-0.2, -0.15) is 0 Å². The first-order valence-corrected chi connectivity index (χ1v) is 17.0. The molecule has 0 unspecified atom stereocenters. The molecule has 1 atom stereocenters. The van der Waals surface area contributed by atoms with E-state index in [2.05, 4.69) is 5.32 Å². The van der Waals surface area contributed by atoms with Gasteiger partial charge in [0.05, 0.1) is 31.4 Å². The van der Waals surface area contributed by atoms with Crippen molar-refractivity contribution in [3.63, 3.8) is 0 Å². The van der Waals surface area contributed by atoms with Crippen LogP contribution < -0.4 is 23.8 Å². The molecule has 10 nitrogen and oxygen atoms in total. The maximum absolute atomic E-state index is 14.4. The fourth-order valence-corrected chi connectivity index (χ4v) is 6.65. The van der Waals surface area contributed by atoms with Gasteiger partial charge in [0.1, 0.15) is 18.3 Å². The van der Waals surface area contributed by atoms with Crippen LogP contribution in [0.2, 0.25) is 10.0 Å². The van der Waals surface area contributed by atoms with Crippen LogP contribution in [0.5, 0.6) is 17.2 Å². The van der Waals surface area contributed by atoms with Crippen molar-refractivity contribution >= 4 is 50.7 Å². The molecule has 3 aromatic rings. The number of nitrogens with one attached hydrogen (secondary N) is 1. The fraction of sp³-hybridized carbons (Fsp3) is 0.394. The maximum atomic E-state index is 14.4. The van der Waals surface area contributed by atoms with Crippen LogP contribution in [0.25, 0.3) is 0 Å². The van der Waals surface area contributed by atoms with Crippen LogP contribution in [0.4, 0.5) is 5.69 Å². The van der Waals surface area contributed by atoms with Gasteiger partial charge < -0.3 is 24.4 Å². The quantitative estimate of drug-likeness (QED) is 0.190. The van der Waals surface area contributed by atoms with Gasteiger partial charge in [-0.3, -0.25) is 13.9 Å². The zero-order valence-electron chi connectivity index (χ0n) is 26.9. The summed E-state index contributed by atoms with van der Waals surface area (Å²) in [5, 5.41) is 3.51. The summed E-state index contributed by atoms with van der Waals surface area (Å²) in [5.74, 6) is 0.230. The number of carbonyl (C=O) groups excluding carboxylic acids is 2. The summed E-state index contributed by atoms with van der Waals surface area (Å²) in [7, 11) is -1.53. The zero-order valence-corrected chi connectivity index (χ0v) is 29.2. The highest BCUT2D eigenvalue weighted by Gasteiger charge is 2.34. The summed E-state index contributed by atoms with van der Waals surface area (Å²) < 4.78 is 45.8.